The molecule has 0 aliphatic carbocycles. The van der Waals surface area contributed by atoms with Crippen LogP contribution in [0, 0.1) is 0 Å². The first-order valence-electron chi connectivity index (χ1n) is 44.7. The van der Waals surface area contributed by atoms with Crippen LogP contribution in [0.2, 0.25) is 0 Å². The van der Waals surface area contributed by atoms with E-state index < -0.39 is 72.7 Å². The van der Waals surface area contributed by atoms with Crippen LogP contribution >= 0.6 is 15.6 Å². The number of rotatable bonds is 87. The number of ether oxygens (including phenoxy) is 4. The Morgan fingerprint density at radius 1 is 0.349 bits per heavy atom. The maximum absolute atomic E-state index is 13.3. The second-order valence-corrected chi connectivity index (χ2v) is 33.4. The van der Waals surface area contributed by atoms with Crippen LogP contribution in [0.3, 0.4) is 0 Å². The molecular weight excluding hydrogens is 1440 g/mol. The van der Waals surface area contributed by atoms with Crippen LogP contribution in [0.4, 0.5) is 4.79 Å². The van der Waals surface area contributed by atoms with Crippen molar-refractivity contribution >= 4 is 33.6 Å². The van der Waals surface area contributed by atoms with Crippen LogP contribution in [-0.4, -0.2) is 131 Å². The van der Waals surface area contributed by atoms with Gasteiger partial charge in [-0.3, -0.25) is 24.0 Å². The SMILES string of the molecule is CCCCCCCCCCCCCC(=O)NC(COCCC(CCCCCCC)OC(=O)CCCCCCCCCCCC)COP(=O)([O-])OCCNC(=O)NCCOP(=O)([O-])OCC(COCCC(CCCCCCC)OC(O)CCCCCCCCCCC)NC(O)CCCCCCCCCCCCC.[Na+].[Na+]. The standard InChI is InChI=1S/C84H170N4O17P2.2Na/c1-7-13-19-25-29-33-36-39-42-48-54-60-80(89)87-76(72-98-68-64-78(58-52-46-23-17-11-5)104-82(91)62-56-50-44-38-32-28-22-16-10-4)74-102-106(94,95)100-70-66-85-84(93)86-67-71-101-107(96,97)103-75-77(88-81(90)61-55-49-43-40-37-34-30-26-20-14-8-2)73-99-69-65-79(59-53-47-24-18-12-6)105-83(92)63-57-51-45-41-35-31-27-21-15-9-3;;/h76-80,82,87,89,91H,7-75H2,1-6H3,(H,88,90)(H,94,95)(H,96,97)(H2,85,86,93);;/q;2*+1/p-2. The molecule has 21 nitrogen and oxygen atoms in total. The predicted octanol–water partition coefficient (Wildman–Crippen LogP) is 14.8. The summed E-state index contributed by atoms with van der Waals surface area (Å²) in [6.07, 6.45) is 60.7. The van der Waals surface area contributed by atoms with Crippen LogP contribution in [0.15, 0.2) is 0 Å². The molecule has 0 spiro atoms. The van der Waals surface area contributed by atoms with Gasteiger partial charge < -0.3 is 73.0 Å². The van der Waals surface area contributed by atoms with Crippen molar-refractivity contribution < 1.29 is 140 Å². The molecule has 0 fully saturated rings. The monoisotopic (exact) mass is 1610 g/mol. The molecule has 0 aromatic carbocycles. The Labute approximate surface area is 712 Å². The van der Waals surface area contributed by atoms with Gasteiger partial charge in [0.15, 0.2) is 6.29 Å². The summed E-state index contributed by atoms with van der Waals surface area (Å²) in [4.78, 5) is 65.2. The zero-order chi connectivity index (χ0) is 78.5. The van der Waals surface area contributed by atoms with E-state index in [1.165, 1.54) is 180 Å². The third kappa shape index (κ3) is 83.1. The molecule has 109 heavy (non-hydrogen) atoms. The number of carbonyl (C=O) groups excluding carboxylic acids is 3. The smallest absolute Gasteiger partial charge is 0.756 e. The van der Waals surface area contributed by atoms with Crippen molar-refractivity contribution in [1.29, 1.82) is 0 Å². The van der Waals surface area contributed by atoms with Gasteiger partial charge in [0.05, 0.1) is 64.4 Å². The van der Waals surface area contributed by atoms with Gasteiger partial charge >= 0.3 is 71.1 Å². The van der Waals surface area contributed by atoms with Crippen molar-refractivity contribution in [3.63, 3.8) is 0 Å². The number of unbranched alkanes of at least 4 members (excludes halogenated alkanes) is 45. The van der Waals surface area contributed by atoms with Gasteiger partial charge in [-0.1, -0.05) is 337 Å². The van der Waals surface area contributed by atoms with Crippen LogP contribution in [0.25, 0.3) is 0 Å². The number of hydrogen-bond acceptors (Lipinski definition) is 18. The van der Waals surface area contributed by atoms with Gasteiger partial charge in [0.2, 0.25) is 5.91 Å². The van der Waals surface area contributed by atoms with Gasteiger partial charge in [-0.15, -0.1) is 0 Å². The predicted molar refractivity (Wildman–Crippen MR) is 434 cm³/mol. The number of carbonyl (C=O) groups is 3. The normalized spacial score (nSPS) is 14.4. The van der Waals surface area contributed by atoms with E-state index in [1.54, 1.807) is 0 Å². The summed E-state index contributed by atoms with van der Waals surface area (Å²) < 4.78 is 71.4. The van der Waals surface area contributed by atoms with Gasteiger partial charge in [0.1, 0.15) is 12.3 Å². The average molecular weight is 1610 g/mol. The number of hydrogen-bond donors (Lipinski definition) is 6. The number of aliphatic hydroxyl groups is 2. The van der Waals surface area contributed by atoms with E-state index in [0.29, 0.717) is 38.5 Å². The van der Waals surface area contributed by atoms with Crippen molar-refractivity contribution in [2.24, 2.45) is 0 Å². The number of phosphoric ester groups is 2. The summed E-state index contributed by atoms with van der Waals surface area (Å²) in [6.45, 7) is 11.4. The second kappa shape index (κ2) is 86.1. The molecule has 8 unspecified atom stereocenters. The molecule has 0 bridgehead atoms. The van der Waals surface area contributed by atoms with Crippen LogP contribution in [0.1, 0.15) is 420 Å². The molecule has 0 rings (SSSR count). The van der Waals surface area contributed by atoms with Crippen molar-refractivity contribution in [3.8, 4) is 0 Å². The van der Waals surface area contributed by atoms with E-state index in [1.807, 2.05) is 0 Å². The quantitative estimate of drug-likeness (QED) is 0.0108. The molecule has 0 aromatic rings. The zero-order valence-corrected chi connectivity index (χ0v) is 77.5. The largest absolute Gasteiger partial charge is 1.00 e. The van der Waals surface area contributed by atoms with Gasteiger partial charge in [0, 0.05) is 39.0 Å². The van der Waals surface area contributed by atoms with Gasteiger partial charge in [0.25, 0.3) is 15.6 Å². The van der Waals surface area contributed by atoms with E-state index in [2.05, 4.69) is 62.8 Å². The van der Waals surface area contributed by atoms with Crippen molar-refractivity contribution in [3.05, 3.63) is 0 Å². The first-order valence-corrected chi connectivity index (χ1v) is 47.6. The summed E-state index contributed by atoms with van der Waals surface area (Å²) >= 11 is 0. The first kappa shape index (κ1) is 113. The average Bonchev–Trinajstić information content (AvgIpc) is 0.916. The molecule has 6 N–H and O–H groups in total. The molecule has 3 amide bonds. The molecule has 0 saturated carbocycles. The molecule has 0 aromatic heterocycles. The Morgan fingerprint density at radius 3 is 1.06 bits per heavy atom. The molecule has 0 aliphatic rings. The summed E-state index contributed by atoms with van der Waals surface area (Å²) in [5.74, 6) is -0.446. The second-order valence-electron chi connectivity index (χ2n) is 30.6. The minimum absolute atomic E-state index is 0. The van der Waals surface area contributed by atoms with Crippen LogP contribution in [0.5, 0.6) is 0 Å². The molecule has 8 atom stereocenters. The van der Waals surface area contributed by atoms with Crippen molar-refractivity contribution in [2.75, 3.05) is 65.9 Å². The fourth-order valence-electron chi connectivity index (χ4n) is 13.3. The summed E-state index contributed by atoms with van der Waals surface area (Å²) in [5.41, 5.74) is 0. The minimum Gasteiger partial charge on any atom is -0.756 e. The van der Waals surface area contributed by atoms with E-state index >= 15 is 0 Å². The maximum Gasteiger partial charge on any atom is 1.00 e. The van der Waals surface area contributed by atoms with Gasteiger partial charge in [-0.2, -0.15) is 0 Å². The third-order valence-corrected chi connectivity index (χ3v) is 22.0. The van der Waals surface area contributed by atoms with Gasteiger partial charge in [-0.05, 0) is 64.2 Å². The fraction of sp³-hybridized carbons (Fsp3) is 0.964. The number of esters is 1. The van der Waals surface area contributed by atoms with Gasteiger partial charge in [-0.25, -0.2) is 4.79 Å². The van der Waals surface area contributed by atoms with Crippen molar-refractivity contribution in [1.82, 2.24) is 21.3 Å². The maximum atomic E-state index is 13.3. The number of urea groups is 1. The first-order chi connectivity index (χ1) is 52.0. The Morgan fingerprint density at radius 2 is 0.661 bits per heavy atom. The molecular formula is C84H168N4Na2O17P2. The van der Waals surface area contributed by atoms with Crippen LogP contribution in [-0.2, 0) is 55.8 Å². The van der Waals surface area contributed by atoms with E-state index in [9.17, 15) is 43.5 Å². The zero-order valence-electron chi connectivity index (χ0n) is 71.7. The van der Waals surface area contributed by atoms with Crippen LogP contribution < -0.4 is 90.2 Å². The Hall–Kier alpha value is 0.190. The third-order valence-electron chi connectivity index (χ3n) is 20.0. The number of nitrogens with one attached hydrogen (secondary N) is 4. The molecule has 0 aliphatic heterocycles. The Kier molecular flexibility index (Phi) is 89.5. The summed E-state index contributed by atoms with van der Waals surface area (Å²) in [5, 5.41) is 33.0. The van der Waals surface area contributed by atoms with E-state index in [0.717, 1.165) is 154 Å². The fourth-order valence-corrected chi connectivity index (χ4v) is 14.8. The van der Waals surface area contributed by atoms with Crippen molar-refractivity contribution in [2.45, 2.75) is 457 Å². The minimum atomic E-state index is -4.95. The molecule has 0 radical (unpaired) electrons. The summed E-state index contributed by atoms with van der Waals surface area (Å²) in [6, 6.07) is -2.31. The van der Waals surface area contributed by atoms with E-state index in [-0.39, 0.29) is 129 Å². The topological polar surface area (TPSA) is 294 Å². The number of amides is 3. The molecule has 0 saturated heterocycles. The Balaban J connectivity index is -0.0000562. The summed E-state index contributed by atoms with van der Waals surface area (Å²) in [7, 11) is -9.87. The number of aliphatic hydroxyl groups excluding tert-OH is 2. The molecule has 0 heterocycles. The Bertz CT molecular complexity index is 2040. The number of phosphoric acid groups is 2. The molecule has 25 heteroatoms. The molecule has 638 valence electrons. The van der Waals surface area contributed by atoms with E-state index in [4.69, 9.17) is 37.0 Å².